The number of rotatable bonds is 8. The zero-order chi connectivity index (χ0) is 18.2. The van der Waals surface area contributed by atoms with E-state index >= 15 is 0 Å². The zero-order valence-corrected chi connectivity index (χ0v) is 14.6. The van der Waals surface area contributed by atoms with Gasteiger partial charge in [-0.05, 0) is 42.2 Å². The first-order valence-corrected chi connectivity index (χ1v) is 8.39. The summed E-state index contributed by atoms with van der Waals surface area (Å²) >= 11 is 0. The summed E-state index contributed by atoms with van der Waals surface area (Å²) in [7, 11) is 0. The molecule has 2 aromatic carbocycles. The van der Waals surface area contributed by atoms with Crippen LogP contribution < -0.4 is 15.8 Å². The van der Waals surface area contributed by atoms with Crippen LogP contribution in [0.5, 0.6) is 5.75 Å². The molecule has 2 amide bonds. The van der Waals surface area contributed by atoms with Gasteiger partial charge in [0.25, 0.3) is 5.91 Å². The van der Waals surface area contributed by atoms with Gasteiger partial charge in [-0.25, -0.2) is 0 Å². The minimum atomic E-state index is -0.566. The molecule has 0 radical (unpaired) electrons. The van der Waals surface area contributed by atoms with Gasteiger partial charge in [0.05, 0.1) is 17.9 Å². The van der Waals surface area contributed by atoms with Crippen molar-refractivity contribution in [3.63, 3.8) is 0 Å². The highest BCUT2D eigenvalue weighted by atomic mass is 16.5. The fourth-order valence-corrected chi connectivity index (χ4v) is 2.39. The average molecular weight is 340 g/mol. The number of amides is 2. The van der Waals surface area contributed by atoms with Crippen molar-refractivity contribution < 1.29 is 14.3 Å². The second-order valence-corrected chi connectivity index (χ2v) is 6.13. The van der Waals surface area contributed by atoms with E-state index in [1.54, 1.807) is 24.3 Å². The van der Waals surface area contributed by atoms with Gasteiger partial charge >= 0.3 is 0 Å². The molecule has 0 aliphatic rings. The highest BCUT2D eigenvalue weighted by Gasteiger charge is 2.10. The second kappa shape index (κ2) is 8.87. The van der Waals surface area contributed by atoms with Crippen molar-refractivity contribution in [3.8, 4) is 5.75 Å². The lowest BCUT2D eigenvalue weighted by atomic mass is 10.0. The van der Waals surface area contributed by atoms with Gasteiger partial charge in [-0.15, -0.1) is 0 Å². The molecule has 0 aromatic heterocycles. The minimum absolute atomic E-state index is 0.174. The maximum atomic E-state index is 12.0. The summed E-state index contributed by atoms with van der Waals surface area (Å²) in [6.45, 7) is 4.74. The van der Waals surface area contributed by atoms with E-state index in [-0.39, 0.29) is 5.91 Å². The number of nitrogens with two attached hydrogens (primary N) is 1. The van der Waals surface area contributed by atoms with Gasteiger partial charge in [-0.3, -0.25) is 9.59 Å². The standard InChI is InChI=1S/C20H24N2O3/c1-14(2)15-9-11-16(12-10-15)25-13-5-8-19(23)22-18-7-4-3-6-17(18)20(21)24/h3-4,6-7,9-12,14H,5,8,13H2,1-2H3,(H2,21,24)(H,22,23). The Hall–Kier alpha value is -2.82. The topological polar surface area (TPSA) is 81.4 Å². The number of carbonyl (C=O) groups is 2. The third-order valence-corrected chi connectivity index (χ3v) is 3.83. The quantitative estimate of drug-likeness (QED) is 0.719. The Morgan fingerprint density at radius 3 is 2.40 bits per heavy atom. The molecule has 0 saturated heterocycles. The smallest absolute Gasteiger partial charge is 0.250 e. The molecule has 25 heavy (non-hydrogen) atoms. The average Bonchev–Trinajstić information content (AvgIpc) is 2.59. The van der Waals surface area contributed by atoms with Crippen molar-refractivity contribution in [2.45, 2.75) is 32.6 Å². The third-order valence-electron chi connectivity index (χ3n) is 3.83. The van der Waals surface area contributed by atoms with Gasteiger partial charge < -0.3 is 15.8 Å². The fourth-order valence-electron chi connectivity index (χ4n) is 2.39. The van der Waals surface area contributed by atoms with Crippen molar-refractivity contribution in [3.05, 3.63) is 59.7 Å². The molecule has 0 heterocycles. The number of hydrogen-bond acceptors (Lipinski definition) is 3. The molecule has 0 aliphatic carbocycles. The van der Waals surface area contributed by atoms with Crippen molar-refractivity contribution in [2.24, 2.45) is 5.73 Å². The Labute approximate surface area is 148 Å². The summed E-state index contributed by atoms with van der Waals surface area (Å²) in [5.41, 5.74) is 7.30. The summed E-state index contributed by atoms with van der Waals surface area (Å²) in [4.78, 5) is 23.3. The monoisotopic (exact) mass is 340 g/mol. The van der Waals surface area contributed by atoms with Crippen LogP contribution in [0.3, 0.4) is 0 Å². The molecule has 0 spiro atoms. The molecular weight excluding hydrogens is 316 g/mol. The van der Waals surface area contributed by atoms with Gasteiger partial charge in [-0.1, -0.05) is 38.1 Å². The first-order chi connectivity index (χ1) is 12.0. The Morgan fingerprint density at radius 2 is 1.76 bits per heavy atom. The number of nitrogens with one attached hydrogen (secondary N) is 1. The predicted octanol–water partition coefficient (Wildman–Crippen LogP) is 3.71. The molecule has 132 valence electrons. The Kier molecular flexibility index (Phi) is 6.57. The number of carbonyl (C=O) groups excluding carboxylic acids is 2. The van der Waals surface area contributed by atoms with Gasteiger partial charge in [0.15, 0.2) is 0 Å². The second-order valence-electron chi connectivity index (χ2n) is 6.13. The van der Waals surface area contributed by atoms with Crippen molar-refractivity contribution in [1.82, 2.24) is 0 Å². The zero-order valence-electron chi connectivity index (χ0n) is 14.6. The van der Waals surface area contributed by atoms with Crippen molar-refractivity contribution >= 4 is 17.5 Å². The number of para-hydroxylation sites is 1. The van der Waals surface area contributed by atoms with Crippen LogP contribution in [0.15, 0.2) is 48.5 Å². The predicted molar refractivity (Wildman–Crippen MR) is 98.8 cm³/mol. The van der Waals surface area contributed by atoms with Crippen LogP contribution in [0.2, 0.25) is 0 Å². The Balaban J connectivity index is 1.76. The van der Waals surface area contributed by atoms with E-state index in [1.807, 2.05) is 24.3 Å². The van der Waals surface area contributed by atoms with Gasteiger partial charge in [0.1, 0.15) is 5.75 Å². The molecule has 2 aromatic rings. The molecule has 0 aliphatic heterocycles. The highest BCUT2D eigenvalue weighted by Crippen LogP contribution is 2.19. The molecule has 2 rings (SSSR count). The number of hydrogen-bond donors (Lipinski definition) is 2. The molecular formula is C20H24N2O3. The van der Waals surface area contributed by atoms with Crippen LogP contribution in [0.25, 0.3) is 0 Å². The van der Waals surface area contributed by atoms with Crippen LogP contribution in [0.1, 0.15) is 48.5 Å². The normalized spacial score (nSPS) is 10.5. The summed E-state index contributed by atoms with van der Waals surface area (Å²) in [5, 5.41) is 2.72. The van der Waals surface area contributed by atoms with Crippen molar-refractivity contribution in [1.29, 1.82) is 0 Å². The number of benzene rings is 2. The third kappa shape index (κ3) is 5.64. The minimum Gasteiger partial charge on any atom is -0.494 e. The van der Waals surface area contributed by atoms with Crippen LogP contribution in [-0.4, -0.2) is 18.4 Å². The molecule has 5 nitrogen and oxygen atoms in total. The van der Waals surface area contributed by atoms with Crippen molar-refractivity contribution in [2.75, 3.05) is 11.9 Å². The van der Waals surface area contributed by atoms with E-state index in [9.17, 15) is 9.59 Å². The molecule has 0 unspecified atom stereocenters. The molecule has 0 atom stereocenters. The van der Waals surface area contributed by atoms with E-state index in [1.165, 1.54) is 5.56 Å². The summed E-state index contributed by atoms with van der Waals surface area (Å²) in [6, 6.07) is 14.7. The van der Waals surface area contributed by atoms with Crippen LogP contribution in [0, 0.1) is 0 Å². The summed E-state index contributed by atoms with van der Waals surface area (Å²) in [6.07, 6.45) is 0.883. The van der Waals surface area contributed by atoms with Crippen LogP contribution in [0.4, 0.5) is 5.69 Å². The first kappa shape index (κ1) is 18.5. The largest absolute Gasteiger partial charge is 0.494 e. The van der Waals surface area contributed by atoms with Gasteiger partial charge in [0.2, 0.25) is 5.91 Å². The van der Waals surface area contributed by atoms with E-state index in [2.05, 4.69) is 19.2 Å². The molecule has 0 saturated carbocycles. The van der Waals surface area contributed by atoms with E-state index in [0.29, 0.717) is 36.6 Å². The first-order valence-electron chi connectivity index (χ1n) is 8.39. The van der Waals surface area contributed by atoms with Crippen LogP contribution in [-0.2, 0) is 4.79 Å². The summed E-state index contributed by atoms with van der Waals surface area (Å²) in [5.74, 6) is 0.543. The highest BCUT2D eigenvalue weighted by molar-refractivity contribution is 6.02. The molecule has 0 fully saturated rings. The lowest BCUT2D eigenvalue weighted by Gasteiger charge is -2.10. The molecule has 5 heteroatoms. The fraction of sp³-hybridized carbons (Fsp3) is 0.300. The van der Waals surface area contributed by atoms with E-state index in [0.717, 1.165) is 5.75 Å². The number of ether oxygens (including phenoxy) is 1. The SMILES string of the molecule is CC(C)c1ccc(OCCCC(=O)Nc2ccccc2C(N)=O)cc1. The van der Waals surface area contributed by atoms with Gasteiger partial charge in [0, 0.05) is 6.42 Å². The summed E-state index contributed by atoms with van der Waals surface area (Å²) < 4.78 is 5.65. The lowest BCUT2D eigenvalue weighted by Crippen LogP contribution is -2.18. The van der Waals surface area contributed by atoms with E-state index in [4.69, 9.17) is 10.5 Å². The lowest BCUT2D eigenvalue weighted by molar-refractivity contribution is -0.116. The number of primary amides is 1. The molecule has 3 N–H and O–H groups in total. The van der Waals surface area contributed by atoms with Gasteiger partial charge in [-0.2, -0.15) is 0 Å². The maximum absolute atomic E-state index is 12.0. The number of anilines is 1. The maximum Gasteiger partial charge on any atom is 0.250 e. The Morgan fingerprint density at radius 1 is 1.08 bits per heavy atom. The molecule has 0 bridgehead atoms. The van der Waals surface area contributed by atoms with E-state index < -0.39 is 5.91 Å². The van der Waals surface area contributed by atoms with Crippen LogP contribution >= 0.6 is 0 Å². The Bertz CT molecular complexity index is 724.